The summed E-state index contributed by atoms with van der Waals surface area (Å²) < 4.78 is 5.47. The van der Waals surface area contributed by atoms with Gasteiger partial charge in [0.25, 0.3) is 0 Å². The molecule has 28 heavy (non-hydrogen) atoms. The normalized spacial score (nSPS) is 12.5. The summed E-state index contributed by atoms with van der Waals surface area (Å²) in [5, 5.41) is 3.79. The standard InChI is InChI=1S/C25H51NO2/c1-5-8-10-12-14-16-19-24(20-17-15-13-11-9-6-2)26-22-21-25(18-7-3)28-23(4)27/h24-26H,5-22H2,1-4H3. The molecule has 0 aromatic carbocycles. The van der Waals surface area contributed by atoms with E-state index in [4.69, 9.17) is 4.74 Å². The van der Waals surface area contributed by atoms with Gasteiger partial charge in [-0.2, -0.15) is 0 Å². The molecular formula is C25H51NO2. The van der Waals surface area contributed by atoms with Crippen LogP contribution < -0.4 is 5.32 Å². The SMILES string of the molecule is CCCCCCCCC(CCCCCCCC)NCCC(CCC)OC(C)=O. The average Bonchev–Trinajstić information content (AvgIpc) is 2.66. The number of nitrogens with one attached hydrogen (secondary N) is 1. The van der Waals surface area contributed by atoms with Crippen LogP contribution in [0.25, 0.3) is 0 Å². The van der Waals surface area contributed by atoms with E-state index < -0.39 is 0 Å². The first-order valence-electron chi connectivity index (χ1n) is 12.5. The smallest absolute Gasteiger partial charge is 0.302 e. The molecule has 168 valence electrons. The van der Waals surface area contributed by atoms with Crippen molar-refractivity contribution in [3.8, 4) is 0 Å². The molecule has 1 N–H and O–H groups in total. The molecule has 0 amide bonds. The van der Waals surface area contributed by atoms with Gasteiger partial charge in [0.15, 0.2) is 0 Å². The number of rotatable bonds is 21. The summed E-state index contributed by atoms with van der Waals surface area (Å²) in [4.78, 5) is 11.3. The van der Waals surface area contributed by atoms with Gasteiger partial charge in [-0.1, -0.05) is 104 Å². The maximum absolute atomic E-state index is 11.3. The molecule has 0 bridgehead atoms. The summed E-state index contributed by atoms with van der Waals surface area (Å²) >= 11 is 0. The number of carbonyl (C=O) groups is 1. The lowest BCUT2D eigenvalue weighted by Gasteiger charge is -2.21. The lowest BCUT2D eigenvalue weighted by atomic mass is 9.99. The third-order valence-corrected chi connectivity index (χ3v) is 5.65. The third kappa shape index (κ3) is 18.8. The molecule has 3 nitrogen and oxygen atoms in total. The maximum Gasteiger partial charge on any atom is 0.302 e. The Hall–Kier alpha value is -0.570. The number of ether oxygens (including phenoxy) is 1. The van der Waals surface area contributed by atoms with Crippen LogP contribution >= 0.6 is 0 Å². The second-order valence-electron chi connectivity index (χ2n) is 8.57. The van der Waals surface area contributed by atoms with Gasteiger partial charge in [0.2, 0.25) is 0 Å². The fraction of sp³-hybridized carbons (Fsp3) is 0.960. The second-order valence-corrected chi connectivity index (χ2v) is 8.57. The minimum atomic E-state index is -0.144. The minimum absolute atomic E-state index is 0.0822. The molecule has 0 saturated heterocycles. The van der Waals surface area contributed by atoms with Gasteiger partial charge in [-0.15, -0.1) is 0 Å². The van der Waals surface area contributed by atoms with Crippen LogP contribution in [0.5, 0.6) is 0 Å². The quantitative estimate of drug-likeness (QED) is 0.160. The predicted octanol–water partition coefficient (Wildman–Crippen LogP) is 7.57. The van der Waals surface area contributed by atoms with E-state index in [1.165, 1.54) is 96.8 Å². The van der Waals surface area contributed by atoms with Crippen molar-refractivity contribution in [1.29, 1.82) is 0 Å². The number of unbranched alkanes of at least 4 members (excludes halogenated alkanes) is 10. The molecule has 1 atom stereocenters. The Morgan fingerprint density at radius 1 is 0.679 bits per heavy atom. The largest absolute Gasteiger partial charge is 0.463 e. The van der Waals surface area contributed by atoms with Crippen LogP contribution in [0.4, 0.5) is 0 Å². The highest BCUT2D eigenvalue weighted by atomic mass is 16.5. The van der Waals surface area contributed by atoms with Gasteiger partial charge in [0, 0.05) is 13.0 Å². The molecule has 0 aromatic heterocycles. The first-order chi connectivity index (χ1) is 13.6. The molecule has 0 aliphatic rings. The van der Waals surface area contributed by atoms with Crippen molar-refractivity contribution < 1.29 is 9.53 Å². The van der Waals surface area contributed by atoms with Crippen LogP contribution in [0, 0.1) is 0 Å². The molecule has 3 heteroatoms. The van der Waals surface area contributed by atoms with Crippen molar-refractivity contribution in [3.63, 3.8) is 0 Å². The van der Waals surface area contributed by atoms with E-state index in [1.54, 1.807) is 0 Å². The van der Waals surface area contributed by atoms with E-state index in [9.17, 15) is 4.79 Å². The zero-order valence-corrected chi connectivity index (χ0v) is 19.7. The summed E-state index contributed by atoms with van der Waals surface area (Å²) in [6, 6.07) is 0.636. The van der Waals surface area contributed by atoms with Crippen molar-refractivity contribution >= 4 is 5.97 Å². The highest BCUT2D eigenvalue weighted by Crippen LogP contribution is 2.15. The van der Waals surface area contributed by atoms with Crippen LogP contribution in [0.2, 0.25) is 0 Å². The van der Waals surface area contributed by atoms with E-state index in [1.807, 2.05) is 0 Å². The number of hydrogen-bond acceptors (Lipinski definition) is 3. The Kier molecular flexibility index (Phi) is 20.7. The average molecular weight is 398 g/mol. The highest BCUT2D eigenvalue weighted by Gasteiger charge is 2.13. The summed E-state index contributed by atoms with van der Waals surface area (Å²) in [7, 11) is 0. The fourth-order valence-electron chi connectivity index (χ4n) is 3.96. The highest BCUT2D eigenvalue weighted by molar-refractivity contribution is 5.66. The molecule has 0 saturated carbocycles. The predicted molar refractivity (Wildman–Crippen MR) is 123 cm³/mol. The third-order valence-electron chi connectivity index (χ3n) is 5.65. The summed E-state index contributed by atoms with van der Waals surface area (Å²) in [6.45, 7) is 9.21. The summed E-state index contributed by atoms with van der Waals surface area (Å²) in [6.07, 6.45) is 22.1. The molecule has 0 radical (unpaired) electrons. The van der Waals surface area contributed by atoms with Gasteiger partial charge in [0.1, 0.15) is 6.10 Å². The Morgan fingerprint density at radius 2 is 1.18 bits per heavy atom. The van der Waals surface area contributed by atoms with Crippen LogP contribution in [0.1, 0.15) is 137 Å². The lowest BCUT2D eigenvalue weighted by molar-refractivity contribution is -0.146. The van der Waals surface area contributed by atoms with Crippen molar-refractivity contribution in [3.05, 3.63) is 0 Å². The molecule has 0 rings (SSSR count). The van der Waals surface area contributed by atoms with E-state index in [-0.39, 0.29) is 12.1 Å². The summed E-state index contributed by atoms with van der Waals surface area (Å²) in [5.74, 6) is -0.144. The number of hydrogen-bond donors (Lipinski definition) is 1. The molecule has 0 aromatic rings. The van der Waals surface area contributed by atoms with Crippen LogP contribution in [0.3, 0.4) is 0 Å². The maximum atomic E-state index is 11.3. The van der Waals surface area contributed by atoms with Gasteiger partial charge in [-0.3, -0.25) is 4.79 Å². The Labute approximate surface area is 176 Å². The van der Waals surface area contributed by atoms with E-state index in [0.717, 1.165) is 25.8 Å². The Morgan fingerprint density at radius 3 is 1.64 bits per heavy atom. The first kappa shape index (κ1) is 27.4. The zero-order chi connectivity index (χ0) is 20.9. The molecule has 0 spiro atoms. The fourth-order valence-corrected chi connectivity index (χ4v) is 3.96. The second kappa shape index (κ2) is 21.1. The number of carbonyl (C=O) groups excluding carboxylic acids is 1. The monoisotopic (exact) mass is 397 g/mol. The van der Waals surface area contributed by atoms with Crippen molar-refractivity contribution in [2.75, 3.05) is 6.54 Å². The zero-order valence-electron chi connectivity index (χ0n) is 19.7. The van der Waals surface area contributed by atoms with Crippen molar-refractivity contribution in [1.82, 2.24) is 5.32 Å². The van der Waals surface area contributed by atoms with Gasteiger partial charge in [0.05, 0.1) is 0 Å². The van der Waals surface area contributed by atoms with E-state index in [2.05, 4.69) is 26.1 Å². The summed E-state index contributed by atoms with van der Waals surface area (Å²) in [5.41, 5.74) is 0. The van der Waals surface area contributed by atoms with Crippen LogP contribution in [-0.4, -0.2) is 24.7 Å². The first-order valence-corrected chi connectivity index (χ1v) is 12.5. The molecule has 0 aliphatic heterocycles. The van der Waals surface area contributed by atoms with E-state index >= 15 is 0 Å². The van der Waals surface area contributed by atoms with Gasteiger partial charge >= 0.3 is 5.97 Å². The van der Waals surface area contributed by atoms with E-state index in [0.29, 0.717) is 6.04 Å². The van der Waals surface area contributed by atoms with Crippen LogP contribution in [0.15, 0.2) is 0 Å². The van der Waals surface area contributed by atoms with Crippen molar-refractivity contribution in [2.24, 2.45) is 0 Å². The van der Waals surface area contributed by atoms with Crippen molar-refractivity contribution in [2.45, 2.75) is 149 Å². The Bertz CT molecular complexity index is 317. The van der Waals surface area contributed by atoms with Crippen LogP contribution in [-0.2, 0) is 9.53 Å². The minimum Gasteiger partial charge on any atom is -0.463 e. The van der Waals surface area contributed by atoms with Gasteiger partial charge in [-0.05, 0) is 32.2 Å². The topological polar surface area (TPSA) is 38.3 Å². The molecule has 1 unspecified atom stereocenters. The lowest BCUT2D eigenvalue weighted by Crippen LogP contribution is -2.32. The van der Waals surface area contributed by atoms with Gasteiger partial charge < -0.3 is 10.1 Å². The molecule has 0 fully saturated rings. The molecule has 0 heterocycles. The Balaban J connectivity index is 4.15. The molecular weight excluding hydrogens is 346 g/mol. The number of esters is 1. The van der Waals surface area contributed by atoms with Gasteiger partial charge in [-0.25, -0.2) is 0 Å². The molecule has 0 aliphatic carbocycles.